The van der Waals surface area contributed by atoms with Crippen LogP contribution < -0.4 is 0 Å². The van der Waals surface area contributed by atoms with Gasteiger partial charge in [-0.1, -0.05) is 31.2 Å². The van der Waals surface area contributed by atoms with Crippen LogP contribution in [0.15, 0.2) is 24.3 Å². The van der Waals surface area contributed by atoms with Crippen molar-refractivity contribution in [1.82, 2.24) is 4.90 Å². The monoisotopic (exact) mass is 261 g/mol. The molecule has 0 unspecified atom stereocenters. The van der Waals surface area contributed by atoms with Gasteiger partial charge in [0, 0.05) is 26.4 Å². The Balaban J connectivity index is 2.38. The predicted octanol–water partition coefficient (Wildman–Crippen LogP) is 2.62. The highest BCUT2D eigenvalue weighted by molar-refractivity contribution is 5.83. The summed E-state index contributed by atoms with van der Waals surface area (Å²) in [6, 6.07) is 8.50. The first-order valence-electron chi connectivity index (χ1n) is 6.84. The summed E-state index contributed by atoms with van der Waals surface area (Å²) in [7, 11) is 1.79. The number of likely N-dealkylation sites (N-methyl/N-ethyl adjacent to an activating group) is 1. The Morgan fingerprint density at radius 3 is 2.16 bits per heavy atom. The molecule has 0 fully saturated rings. The van der Waals surface area contributed by atoms with E-state index in [1.165, 1.54) is 18.1 Å². The zero-order chi connectivity index (χ0) is 14.3. The van der Waals surface area contributed by atoms with Crippen molar-refractivity contribution < 1.29 is 9.59 Å². The van der Waals surface area contributed by atoms with Gasteiger partial charge in [-0.15, -0.1) is 0 Å². The SMILES string of the molecule is CCc1ccc(CCN(C)C(=O)CCC(C)=O)cc1. The highest BCUT2D eigenvalue weighted by atomic mass is 16.2. The summed E-state index contributed by atoms with van der Waals surface area (Å²) in [6.07, 6.45) is 2.56. The second kappa shape index (κ2) is 7.72. The normalized spacial score (nSPS) is 10.3. The van der Waals surface area contributed by atoms with Gasteiger partial charge in [0.05, 0.1) is 0 Å². The van der Waals surface area contributed by atoms with Crippen LogP contribution in [0.5, 0.6) is 0 Å². The van der Waals surface area contributed by atoms with Crippen LogP contribution in [0.4, 0.5) is 0 Å². The minimum atomic E-state index is 0.0420. The lowest BCUT2D eigenvalue weighted by Crippen LogP contribution is -2.28. The summed E-state index contributed by atoms with van der Waals surface area (Å²) in [5.41, 5.74) is 2.57. The van der Waals surface area contributed by atoms with Crippen LogP contribution in [-0.2, 0) is 22.4 Å². The van der Waals surface area contributed by atoms with E-state index in [2.05, 4.69) is 31.2 Å². The van der Waals surface area contributed by atoms with Crippen molar-refractivity contribution in [3.8, 4) is 0 Å². The lowest BCUT2D eigenvalue weighted by atomic mass is 10.1. The molecule has 0 aliphatic carbocycles. The fourth-order valence-corrected chi connectivity index (χ4v) is 1.84. The number of ketones is 1. The Morgan fingerprint density at radius 1 is 1.05 bits per heavy atom. The minimum Gasteiger partial charge on any atom is -0.345 e. The number of carbonyl (C=O) groups excluding carboxylic acids is 2. The van der Waals surface area contributed by atoms with E-state index in [0.29, 0.717) is 19.4 Å². The van der Waals surface area contributed by atoms with Crippen LogP contribution in [-0.4, -0.2) is 30.2 Å². The fraction of sp³-hybridized carbons (Fsp3) is 0.500. The Bertz CT molecular complexity index is 423. The Kier molecular flexibility index (Phi) is 6.26. The third-order valence-corrected chi connectivity index (χ3v) is 3.28. The van der Waals surface area contributed by atoms with Crippen LogP contribution in [0.2, 0.25) is 0 Å². The van der Waals surface area contributed by atoms with Crippen LogP contribution >= 0.6 is 0 Å². The Labute approximate surface area is 115 Å². The molecule has 1 rings (SSSR count). The van der Waals surface area contributed by atoms with Crippen molar-refractivity contribution in [1.29, 1.82) is 0 Å². The van der Waals surface area contributed by atoms with Crippen LogP contribution in [0, 0.1) is 0 Å². The summed E-state index contributed by atoms with van der Waals surface area (Å²) in [5.74, 6) is 0.109. The molecule has 0 aromatic heterocycles. The highest BCUT2D eigenvalue weighted by Crippen LogP contribution is 2.07. The fourth-order valence-electron chi connectivity index (χ4n) is 1.84. The second-order valence-electron chi connectivity index (χ2n) is 4.94. The molecule has 0 aliphatic heterocycles. The molecule has 0 bridgehead atoms. The zero-order valence-electron chi connectivity index (χ0n) is 12.1. The summed E-state index contributed by atoms with van der Waals surface area (Å²) < 4.78 is 0. The minimum absolute atomic E-state index is 0.0420. The highest BCUT2D eigenvalue weighted by Gasteiger charge is 2.09. The molecule has 1 aromatic rings. The third-order valence-electron chi connectivity index (χ3n) is 3.28. The second-order valence-corrected chi connectivity index (χ2v) is 4.94. The maximum absolute atomic E-state index is 11.7. The first kappa shape index (κ1) is 15.4. The number of nitrogens with zero attached hydrogens (tertiary/aromatic N) is 1. The number of rotatable bonds is 7. The maximum Gasteiger partial charge on any atom is 0.222 e. The molecule has 0 atom stereocenters. The van der Waals surface area contributed by atoms with Crippen molar-refractivity contribution in [3.63, 3.8) is 0 Å². The van der Waals surface area contributed by atoms with Gasteiger partial charge in [-0.05, 0) is 30.9 Å². The van der Waals surface area contributed by atoms with E-state index < -0.39 is 0 Å². The van der Waals surface area contributed by atoms with Gasteiger partial charge in [0.1, 0.15) is 5.78 Å². The van der Waals surface area contributed by atoms with Gasteiger partial charge in [0.15, 0.2) is 0 Å². The first-order chi connectivity index (χ1) is 9.02. The number of hydrogen-bond donors (Lipinski definition) is 0. The molecule has 1 aromatic carbocycles. The summed E-state index contributed by atoms with van der Waals surface area (Å²) in [6.45, 7) is 4.35. The molecule has 104 valence electrons. The summed E-state index contributed by atoms with van der Waals surface area (Å²) >= 11 is 0. The molecule has 0 radical (unpaired) electrons. The average molecular weight is 261 g/mol. The standard InChI is InChI=1S/C16H23NO2/c1-4-14-6-8-15(9-7-14)11-12-17(3)16(19)10-5-13(2)18/h6-9H,4-5,10-12H2,1-3H3. The molecule has 0 saturated carbocycles. The van der Waals surface area contributed by atoms with Crippen molar-refractivity contribution in [3.05, 3.63) is 35.4 Å². The van der Waals surface area contributed by atoms with E-state index in [-0.39, 0.29) is 11.7 Å². The van der Waals surface area contributed by atoms with Gasteiger partial charge < -0.3 is 9.69 Å². The van der Waals surface area contributed by atoms with E-state index in [1.54, 1.807) is 11.9 Å². The van der Waals surface area contributed by atoms with E-state index >= 15 is 0 Å². The first-order valence-corrected chi connectivity index (χ1v) is 6.84. The summed E-state index contributed by atoms with van der Waals surface area (Å²) in [4.78, 5) is 24.3. The largest absolute Gasteiger partial charge is 0.345 e. The lowest BCUT2D eigenvalue weighted by Gasteiger charge is -2.17. The van der Waals surface area contributed by atoms with Crippen LogP contribution in [0.3, 0.4) is 0 Å². The maximum atomic E-state index is 11.7. The topological polar surface area (TPSA) is 37.4 Å². The van der Waals surface area contributed by atoms with Gasteiger partial charge in [0.25, 0.3) is 0 Å². The molecule has 3 heteroatoms. The van der Waals surface area contributed by atoms with Gasteiger partial charge >= 0.3 is 0 Å². The summed E-state index contributed by atoms with van der Waals surface area (Å²) in [5, 5.41) is 0. The molecule has 0 N–H and O–H groups in total. The molecule has 19 heavy (non-hydrogen) atoms. The van der Waals surface area contributed by atoms with E-state index in [4.69, 9.17) is 0 Å². The van der Waals surface area contributed by atoms with Gasteiger partial charge in [-0.3, -0.25) is 4.79 Å². The molecule has 0 aliphatic rings. The molecule has 3 nitrogen and oxygen atoms in total. The van der Waals surface area contributed by atoms with Gasteiger partial charge in [-0.2, -0.15) is 0 Å². The van der Waals surface area contributed by atoms with E-state index in [0.717, 1.165) is 12.8 Å². The number of carbonyl (C=O) groups is 2. The number of aryl methyl sites for hydroxylation is 1. The molecular weight excluding hydrogens is 238 g/mol. The molecule has 1 amide bonds. The number of benzene rings is 1. The van der Waals surface area contributed by atoms with E-state index in [9.17, 15) is 9.59 Å². The lowest BCUT2D eigenvalue weighted by molar-refractivity contribution is -0.131. The average Bonchev–Trinajstić information content (AvgIpc) is 2.42. The van der Waals surface area contributed by atoms with Crippen molar-refractivity contribution in [2.45, 2.75) is 39.5 Å². The van der Waals surface area contributed by atoms with Crippen LogP contribution in [0.25, 0.3) is 0 Å². The number of amides is 1. The van der Waals surface area contributed by atoms with Gasteiger partial charge in [-0.25, -0.2) is 0 Å². The zero-order valence-corrected chi connectivity index (χ0v) is 12.1. The molecular formula is C16H23NO2. The molecule has 0 spiro atoms. The van der Waals surface area contributed by atoms with Crippen molar-refractivity contribution in [2.24, 2.45) is 0 Å². The van der Waals surface area contributed by atoms with E-state index in [1.807, 2.05) is 0 Å². The number of hydrogen-bond acceptors (Lipinski definition) is 2. The number of Topliss-reactive ketones (excluding diaryl/α,β-unsaturated/α-hetero) is 1. The Hall–Kier alpha value is -1.64. The third kappa shape index (κ3) is 5.69. The quantitative estimate of drug-likeness (QED) is 0.756. The smallest absolute Gasteiger partial charge is 0.222 e. The molecule has 0 saturated heterocycles. The Morgan fingerprint density at radius 2 is 1.63 bits per heavy atom. The van der Waals surface area contributed by atoms with Crippen LogP contribution in [0.1, 0.15) is 37.8 Å². The van der Waals surface area contributed by atoms with Gasteiger partial charge in [0.2, 0.25) is 5.91 Å². The molecule has 0 heterocycles. The predicted molar refractivity (Wildman–Crippen MR) is 77.1 cm³/mol. The van der Waals surface area contributed by atoms with Crippen molar-refractivity contribution in [2.75, 3.05) is 13.6 Å². The van der Waals surface area contributed by atoms with Crippen molar-refractivity contribution >= 4 is 11.7 Å².